The Morgan fingerprint density at radius 3 is 3.00 bits per heavy atom. The number of fused-ring (bicyclic) bond motifs is 1. The molecule has 4 nitrogen and oxygen atoms in total. The van der Waals surface area contributed by atoms with Crippen molar-refractivity contribution < 1.29 is 9.84 Å². The lowest BCUT2D eigenvalue weighted by Gasteiger charge is -2.10. The summed E-state index contributed by atoms with van der Waals surface area (Å²) < 4.78 is 5.37. The zero-order chi connectivity index (χ0) is 11.4. The third-order valence-electron chi connectivity index (χ3n) is 2.28. The van der Waals surface area contributed by atoms with Crippen molar-refractivity contribution in [3.8, 4) is 5.75 Å². The molecule has 0 saturated carbocycles. The Kier molecular flexibility index (Phi) is 3.34. The topological polar surface area (TPSA) is 68.4 Å². The standard InChI is InChI=1S/C12H14N2O2/c13-6-10(15)8-16-11-5-9-3-1-2-4-12(9)14-7-11/h1-5,7,10,15H,6,8,13H2. The van der Waals surface area contributed by atoms with Gasteiger partial charge in [0.25, 0.3) is 0 Å². The van der Waals surface area contributed by atoms with Crippen molar-refractivity contribution in [3.05, 3.63) is 36.5 Å². The lowest BCUT2D eigenvalue weighted by atomic mass is 10.2. The third-order valence-corrected chi connectivity index (χ3v) is 2.28. The average molecular weight is 218 g/mol. The molecule has 16 heavy (non-hydrogen) atoms. The van der Waals surface area contributed by atoms with Crippen LogP contribution in [-0.4, -0.2) is 29.3 Å². The van der Waals surface area contributed by atoms with E-state index in [-0.39, 0.29) is 13.2 Å². The number of nitrogens with two attached hydrogens (primary N) is 1. The Balaban J connectivity index is 2.13. The summed E-state index contributed by atoms with van der Waals surface area (Å²) >= 11 is 0. The van der Waals surface area contributed by atoms with Crippen LogP contribution in [0, 0.1) is 0 Å². The fraction of sp³-hybridized carbons (Fsp3) is 0.250. The molecule has 1 aromatic heterocycles. The average Bonchev–Trinajstić information content (AvgIpc) is 2.35. The van der Waals surface area contributed by atoms with E-state index in [0.29, 0.717) is 5.75 Å². The molecule has 1 heterocycles. The molecule has 1 aromatic carbocycles. The smallest absolute Gasteiger partial charge is 0.138 e. The van der Waals surface area contributed by atoms with E-state index in [4.69, 9.17) is 10.5 Å². The van der Waals surface area contributed by atoms with Crippen LogP contribution in [0.3, 0.4) is 0 Å². The van der Waals surface area contributed by atoms with Crippen molar-refractivity contribution in [1.29, 1.82) is 0 Å². The molecule has 0 bridgehead atoms. The van der Waals surface area contributed by atoms with Gasteiger partial charge in [0.1, 0.15) is 18.5 Å². The predicted molar refractivity (Wildman–Crippen MR) is 62.3 cm³/mol. The SMILES string of the molecule is NCC(O)COc1cnc2ccccc2c1. The molecule has 0 aliphatic carbocycles. The van der Waals surface area contributed by atoms with Gasteiger partial charge in [-0.25, -0.2) is 0 Å². The maximum Gasteiger partial charge on any atom is 0.138 e. The van der Waals surface area contributed by atoms with E-state index in [9.17, 15) is 5.11 Å². The Labute approximate surface area is 93.7 Å². The van der Waals surface area contributed by atoms with Crippen LogP contribution in [-0.2, 0) is 0 Å². The van der Waals surface area contributed by atoms with Crippen molar-refractivity contribution in [1.82, 2.24) is 4.98 Å². The summed E-state index contributed by atoms with van der Waals surface area (Å²) in [5, 5.41) is 10.3. The molecular formula is C12H14N2O2. The van der Waals surface area contributed by atoms with Gasteiger partial charge in [-0.3, -0.25) is 4.98 Å². The number of rotatable bonds is 4. The fourth-order valence-electron chi connectivity index (χ4n) is 1.39. The molecule has 0 radical (unpaired) electrons. The number of pyridine rings is 1. The molecule has 0 aliphatic rings. The first-order valence-electron chi connectivity index (χ1n) is 5.15. The van der Waals surface area contributed by atoms with E-state index in [0.717, 1.165) is 10.9 Å². The molecule has 0 amide bonds. The first kappa shape index (κ1) is 10.9. The highest BCUT2D eigenvalue weighted by molar-refractivity contribution is 5.79. The first-order chi connectivity index (χ1) is 7.79. The van der Waals surface area contributed by atoms with Crippen LogP contribution >= 0.6 is 0 Å². The second-order valence-electron chi connectivity index (χ2n) is 3.56. The molecule has 1 unspecified atom stereocenters. The van der Waals surface area contributed by atoms with E-state index in [1.165, 1.54) is 0 Å². The summed E-state index contributed by atoms with van der Waals surface area (Å²) in [4.78, 5) is 4.25. The van der Waals surface area contributed by atoms with E-state index in [1.807, 2.05) is 30.3 Å². The summed E-state index contributed by atoms with van der Waals surface area (Å²) in [6.07, 6.45) is 1.01. The normalized spacial score (nSPS) is 12.6. The van der Waals surface area contributed by atoms with Crippen LogP contribution in [0.4, 0.5) is 0 Å². The molecule has 2 aromatic rings. The van der Waals surface area contributed by atoms with E-state index in [2.05, 4.69) is 4.98 Å². The number of aliphatic hydroxyl groups is 1. The zero-order valence-corrected chi connectivity index (χ0v) is 8.84. The molecule has 4 heteroatoms. The Hall–Kier alpha value is -1.65. The summed E-state index contributed by atoms with van der Waals surface area (Å²) in [6, 6.07) is 9.69. The molecule has 0 spiro atoms. The predicted octanol–water partition coefficient (Wildman–Crippen LogP) is 0.933. The Morgan fingerprint density at radius 1 is 1.38 bits per heavy atom. The molecule has 0 fully saturated rings. The van der Waals surface area contributed by atoms with E-state index >= 15 is 0 Å². The highest BCUT2D eigenvalue weighted by Gasteiger charge is 2.03. The molecule has 84 valence electrons. The van der Waals surface area contributed by atoms with Gasteiger partial charge in [0.2, 0.25) is 0 Å². The monoisotopic (exact) mass is 218 g/mol. The van der Waals surface area contributed by atoms with Gasteiger partial charge in [-0.2, -0.15) is 0 Å². The van der Waals surface area contributed by atoms with Gasteiger partial charge in [0, 0.05) is 11.9 Å². The highest BCUT2D eigenvalue weighted by atomic mass is 16.5. The molecule has 1 atom stereocenters. The van der Waals surface area contributed by atoms with Gasteiger partial charge in [-0.1, -0.05) is 18.2 Å². The van der Waals surface area contributed by atoms with Crippen LogP contribution in [0.15, 0.2) is 36.5 Å². The molecule has 0 saturated heterocycles. The lowest BCUT2D eigenvalue weighted by molar-refractivity contribution is 0.114. The molecule has 0 aliphatic heterocycles. The fourth-order valence-corrected chi connectivity index (χ4v) is 1.39. The minimum Gasteiger partial charge on any atom is -0.489 e. The van der Waals surface area contributed by atoms with Crippen molar-refractivity contribution in [2.24, 2.45) is 5.73 Å². The minimum absolute atomic E-state index is 0.191. The van der Waals surface area contributed by atoms with Crippen LogP contribution in [0.1, 0.15) is 0 Å². The number of nitrogens with zero attached hydrogens (tertiary/aromatic N) is 1. The number of ether oxygens (including phenoxy) is 1. The van der Waals surface area contributed by atoms with Gasteiger partial charge >= 0.3 is 0 Å². The second kappa shape index (κ2) is 4.92. The summed E-state index contributed by atoms with van der Waals surface area (Å²) in [5.74, 6) is 0.645. The number of para-hydroxylation sites is 1. The highest BCUT2D eigenvalue weighted by Crippen LogP contribution is 2.17. The van der Waals surface area contributed by atoms with Gasteiger partial charge in [0.15, 0.2) is 0 Å². The Bertz CT molecular complexity index is 473. The van der Waals surface area contributed by atoms with Crippen molar-refractivity contribution in [3.63, 3.8) is 0 Å². The van der Waals surface area contributed by atoms with Crippen molar-refractivity contribution in [2.75, 3.05) is 13.2 Å². The van der Waals surface area contributed by atoms with Crippen LogP contribution in [0.5, 0.6) is 5.75 Å². The van der Waals surface area contributed by atoms with Gasteiger partial charge in [-0.05, 0) is 12.1 Å². The number of aromatic nitrogens is 1. The molecule has 2 rings (SSSR count). The molecule has 3 N–H and O–H groups in total. The van der Waals surface area contributed by atoms with Crippen LogP contribution in [0.2, 0.25) is 0 Å². The lowest BCUT2D eigenvalue weighted by Crippen LogP contribution is -2.26. The third kappa shape index (κ3) is 2.48. The van der Waals surface area contributed by atoms with Gasteiger partial charge in [0.05, 0.1) is 11.7 Å². The quantitative estimate of drug-likeness (QED) is 0.801. The minimum atomic E-state index is -0.633. The molecular weight excluding hydrogens is 204 g/mol. The zero-order valence-electron chi connectivity index (χ0n) is 8.84. The number of hydrogen-bond acceptors (Lipinski definition) is 4. The van der Waals surface area contributed by atoms with Gasteiger partial charge < -0.3 is 15.6 Å². The number of aliphatic hydroxyl groups excluding tert-OH is 1. The summed E-state index contributed by atoms with van der Waals surface area (Å²) in [6.45, 7) is 0.386. The van der Waals surface area contributed by atoms with Crippen molar-refractivity contribution in [2.45, 2.75) is 6.10 Å². The maximum atomic E-state index is 9.26. The Morgan fingerprint density at radius 2 is 2.19 bits per heavy atom. The first-order valence-corrected chi connectivity index (χ1v) is 5.15. The van der Waals surface area contributed by atoms with E-state index < -0.39 is 6.10 Å². The number of benzene rings is 1. The summed E-state index contributed by atoms with van der Waals surface area (Å²) in [5.41, 5.74) is 6.21. The largest absolute Gasteiger partial charge is 0.489 e. The maximum absolute atomic E-state index is 9.26. The van der Waals surface area contributed by atoms with E-state index in [1.54, 1.807) is 6.20 Å². The number of hydrogen-bond donors (Lipinski definition) is 2. The van der Waals surface area contributed by atoms with Crippen LogP contribution < -0.4 is 10.5 Å². The van der Waals surface area contributed by atoms with Crippen LogP contribution in [0.25, 0.3) is 10.9 Å². The van der Waals surface area contributed by atoms with Crippen molar-refractivity contribution >= 4 is 10.9 Å². The second-order valence-corrected chi connectivity index (χ2v) is 3.56. The van der Waals surface area contributed by atoms with Gasteiger partial charge in [-0.15, -0.1) is 0 Å². The summed E-state index contributed by atoms with van der Waals surface area (Å²) in [7, 11) is 0.